The van der Waals surface area contributed by atoms with Crippen LogP contribution < -0.4 is 11.1 Å². The zero-order valence-corrected chi connectivity index (χ0v) is 12.3. The van der Waals surface area contributed by atoms with Crippen LogP contribution >= 0.6 is 0 Å². The highest BCUT2D eigenvalue weighted by Gasteiger charge is 2.15. The summed E-state index contributed by atoms with van der Waals surface area (Å²) in [6.07, 6.45) is 6.28. The maximum Gasteiger partial charge on any atom is 0.260 e. The fourth-order valence-electron chi connectivity index (χ4n) is 2.53. The van der Waals surface area contributed by atoms with Crippen LogP contribution in [0.25, 0.3) is 0 Å². The van der Waals surface area contributed by atoms with Crippen LogP contribution in [0.5, 0.6) is 0 Å². The van der Waals surface area contributed by atoms with Gasteiger partial charge in [-0.25, -0.2) is 0 Å². The minimum absolute atomic E-state index is 0.0774. The summed E-state index contributed by atoms with van der Waals surface area (Å²) in [5, 5.41) is 6.75. The van der Waals surface area contributed by atoms with Gasteiger partial charge in [-0.2, -0.15) is 0 Å². The number of rotatable bonds is 6. The van der Waals surface area contributed by atoms with E-state index in [1.807, 2.05) is 30.3 Å². The molecule has 0 bridgehead atoms. The van der Waals surface area contributed by atoms with Gasteiger partial charge in [0.25, 0.3) is 5.91 Å². The molecule has 0 aromatic heterocycles. The quantitative estimate of drug-likeness (QED) is 0.477. The molecule has 1 saturated carbocycles. The lowest BCUT2D eigenvalue weighted by molar-refractivity contribution is -0.126. The lowest BCUT2D eigenvalue weighted by Gasteiger charge is -2.22. The molecule has 21 heavy (non-hydrogen) atoms. The van der Waals surface area contributed by atoms with Crippen molar-refractivity contribution < 1.29 is 9.63 Å². The van der Waals surface area contributed by atoms with Crippen molar-refractivity contribution in [1.82, 2.24) is 5.32 Å². The van der Waals surface area contributed by atoms with Crippen molar-refractivity contribution >= 4 is 11.7 Å². The highest BCUT2D eigenvalue weighted by atomic mass is 16.6. The minimum atomic E-state index is -0.127. The summed E-state index contributed by atoms with van der Waals surface area (Å²) in [5.41, 5.74) is 6.83. The summed E-state index contributed by atoms with van der Waals surface area (Å²) in [7, 11) is 0. The number of hydrogen-bond acceptors (Lipinski definition) is 3. The molecule has 1 aromatic rings. The van der Waals surface area contributed by atoms with Crippen LogP contribution in [0.2, 0.25) is 0 Å². The number of nitrogens with zero attached hydrogens (tertiary/aromatic N) is 1. The van der Waals surface area contributed by atoms with Gasteiger partial charge in [-0.3, -0.25) is 4.79 Å². The van der Waals surface area contributed by atoms with Gasteiger partial charge in [0.2, 0.25) is 0 Å². The molecule has 0 aliphatic heterocycles. The number of oxime groups is 1. The van der Waals surface area contributed by atoms with Crippen LogP contribution in [0.3, 0.4) is 0 Å². The summed E-state index contributed by atoms with van der Waals surface area (Å²) in [6, 6.07) is 10.1. The minimum Gasteiger partial charge on any atom is -0.384 e. The average molecular weight is 289 g/mol. The van der Waals surface area contributed by atoms with Gasteiger partial charge in [0.15, 0.2) is 6.61 Å². The molecule has 0 spiro atoms. The van der Waals surface area contributed by atoms with Crippen molar-refractivity contribution in [3.63, 3.8) is 0 Å². The molecule has 0 radical (unpaired) electrons. The second-order valence-electron chi connectivity index (χ2n) is 5.42. The number of amides is 1. The molecule has 114 valence electrons. The second kappa shape index (κ2) is 8.29. The maximum absolute atomic E-state index is 11.7. The highest BCUT2D eigenvalue weighted by Crippen LogP contribution is 2.17. The molecule has 1 fully saturated rings. The van der Waals surface area contributed by atoms with Crippen LogP contribution in [0.1, 0.15) is 37.7 Å². The molecule has 2 rings (SSSR count). The third-order valence-electron chi connectivity index (χ3n) is 3.58. The molecule has 1 aliphatic rings. The summed E-state index contributed by atoms with van der Waals surface area (Å²) in [6.45, 7) is -0.0774. The zero-order valence-electron chi connectivity index (χ0n) is 12.3. The van der Waals surface area contributed by atoms with Gasteiger partial charge < -0.3 is 15.9 Å². The van der Waals surface area contributed by atoms with Crippen molar-refractivity contribution in [1.29, 1.82) is 0 Å². The zero-order chi connectivity index (χ0) is 14.9. The van der Waals surface area contributed by atoms with E-state index in [2.05, 4.69) is 10.5 Å². The summed E-state index contributed by atoms with van der Waals surface area (Å²) < 4.78 is 0. The predicted molar refractivity (Wildman–Crippen MR) is 82.7 cm³/mol. The van der Waals surface area contributed by atoms with E-state index in [4.69, 9.17) is 10.6 Å². The summed E-state index contributed by atoms with van der Waals surface area (Å²) in [5.74, 6) is 0.241. The van der Waals surface area contributed by atoms with Gasteiger partial charge in [0.1, 0.15) is 5.84 Å². The van der Waals surface area contributed by atoms with Gasteiger partial charge in [-0.1, -0.05) is 54.8 Å². The normalized spacial score (nSPS) is 16.5. The average Bonchev–Trinajstić information content (AvgIpc) is 2.49. The van der Waals surface area contributed by atoms with Gasteiger partial charge in [0, 0.05) is 12.5 Å². The van der Waals surface area contributed by atoms with Gasteiger partial charge in [0.05, 0.1) is 0 Å². The lowest BCUT2D eigenvalue weighted by atomic mass is 9.95. The Kier molecular flexibility index (Phi) is 6.06. The van der Waals surface area contributed by atoms with Gasteiger partial charge in [-0.05, 0) is 18.4 Å². The van der Waals surface area contributed by atoms with Crippen LogP contribution in [-0.4, -0.2) is 24.4 Å². The number of benzene rings is 1. The number of carbonyl (C=O) groups excluding carboxylic acids is 1. The van der Waals surface area contributed by atoms with Crippen molar-refractivity contribution in [2.24, 2.45) is 10.9 Å². The number of hydrogen-bond donors (Lipinski definition) is 2. The van der Waals surface area contributed by atoms with Crippen molar-refractivity contribution in [3.8, 4) is 0 Å². The first-order valence-electron chi connectivity index (χ1n) is 7.51. The first-order chi connectivity index (χ1) is 10.2. The number of carbonyl (C=O) groups is 1. The molecule has 1 aromatic carbocycles. The molecular formula is C16H23N3O2. The molecule has 0 unspecified atom stereocenters. The molecule has 0 saturated heterocycles. The van der Waals surface area contributed by atoms with E-state index in [0.717, 1.165) is 18.4 Å². The fraction of sp³-hybridized carbons (Fsp3) is 0.500. The molecule has 3 N–H and O–H groups in total. The van der Waals surface area contributed by atoms with Gasteiger partial charge in [-0.15, -0.1) is 0 Å². The third kappa shape index (κ3) is 5.85. The van der Waals surface area contributed by atoms with Crippen LogP contribution in [0, 0.1) is 0 Å². The SMILES string of the molecule is N/C(Cc1ccccc1)=N\OCC(=O)NC1CCCCC1. The van der Waals surface area contributed by atoms with E-state index >= 15 is 0 Å². The van der Waals surface area contributed by atoms with E-state index in [-0.39, 0.29) is 12.5 Å². The molecule has 1 amide bonds. The number of amidine groups is 1. The van der Waals surface area contributed by atoms with Crippen molar-refractivity contribution in [2.75, 3.05) is 6.61 Å². The lowest BCUT2D eigenvalue weighted by Crippen LogP contribution is -2.38. The van der Waals surface area contributed by atoms with Crippen LogP contribution in [0.4, 0.5) is 0 Å². The summed E-state index contributed by atoms with van der Waals surface area (Å²) in [4.78, 5) is 16.7. The first kappa shape index (κ1) is 15.4. The van der Waals surface area contributed by atoms with E-state index < -0.39 is 0 Å². The van der Waals surface area contributed by atoms with E-state index in [9.17, 15) is 4.79 Å². The van der Waals surface area contributed by atoms with E-state index in [0.29, 0.717) is 18.3 Å². The molecule has 1 aliphatic carbocycles. The monoisotopic (exact) mass is 289 g/mol. The molecule has 5 nitrogen and oxygen atoms in total. The molecule has 0 atom stereocenters. The Morgan fingerprint density at radius 1 is 1.24 bits per heavy atom. The third-order valence-corrected chi connectivity index (χ3v) is 3.58. The number of nitrogens with two attached hydrogens (primary N) is 1. The van der Waals surface area contributed by atoms with Crippen molar-refractivity contribution in [2.45, 2.75) is 44.6 Å². The standard InChI is InChI=1S/C16H23N3O2/c17-15(11-13-7-3-1-4-8-13)19-21-12-16(20)18-14-9-5-2-6-10-14/h1,3-4,7-8,14H,2,5-6,9-12H2,(H2,17,19)(H,18,20). The largest absolute Gasteiger partial charge is 0.384 e. The molecule has 0 heterocycles. The Morgan fingerprint density at radius 2 is 1.95 bits per heavy atom. The Labute approximate surface area is 125 Å². The van der Waals surface area contributed by atoms with E-state index in [1.165, 1.54) is 19.3 Å². The van der Waals surface area contributed by atoms with Gasteiger partial charge >= 0.3 is 0 Å². The first-order valence-corrected chi connectivity index (χ1v) is 7.51. The van der Waals surface area contributed by atoms with Crippen LogP contribution in [-0.2, 0) is 16.1 Å². The molecular weight excluding hydrogens is 266 g/mol. The smallest absolute Gasteiger partial charge is 0.260 e. The van der Waals surface area contributed by atoms with Crippen LogP contribution in [0.15, 0.2) is 35.5 Å². The number of nitrogens with one attached hydrogen (secondary N) is 1. The highest BCUT2D eigenvalue weighted by molar-refractivity contribution is 5.82. The Balaban J connectivity index is 1.67. The molecule has 5 heteroatoms. The second-order valence-corrected chi connectivity index (χ2v) is 5.42. The van der Waals surface area contributed by atoms with Crippen molar-refractivity contribution in [3.05, 3.63) is 35.9 Å². The Bertz CT molecular complexity index is 468. The fourth-order valence-corrected chi connectivity index (χ4v) is 2.53. The summed E-state index contributed by atoms with van der Waals surface area (Å²) >= 11 is 0. The Morgan fingerprint density at radius 3 is 2.67 bits per heavy atom. The topological polar surface area (TPSA) is 76.7 Å². The Hall–Kier alpha value is -2.04. The maximum atomic E-state index is 11.7. The van der Waals surface area contributed by atoms with E-state index in [1.54, 1.807) is 0 Å². The predicted octanol–water partition coefficient (Wildman–Crippen LogP) is 1.97.